The lowest BCUT2D eigenvalue weighted by molar-refractivity contribution is 0.454. The average Bonchev–Trinajstić information content (AvgIpc) is 3.80. The summed E-state index contributed by atoms with van der Waals surface area (Å²) in [4.78, 5) is 16.0. The van der Waals surface area contributed by atoms with Crippen LogP contribution in [0.2, 0.25) is 0 Å². The minimum Gasteiger partial charge on any atom is -0.456 e. The number of allylic oxidation sites excluding steroid dienone is 8. The smallest absolute Gasteiger partial charge is 0.164 e. The van der Waals surface area contributed by atoms with Gasteiger partial charge in [0, 0.05) is 49.9 Å². The normalized spacial score (nSPS) is 17.9. The molecule has 0 aliphatic heterocycles. The predicted octanol–water partition coefficient (Wildman–Crippen LogP) is 13.4. The van der Waals surface area contributed by atoms with Crippen LogP contribution in [0.3, 0.4) is 0 Å². The predicted molar refractivity (Wildman–Crippen MR) is 230 cm³/mol. The molecule has 2 unspecified atom stereocenters. The summed E-state index contributed by atoms with van der Waals surface area (Å²) in [6.07, 6.45) is 15.6. The van der Waals surface area contributed by atoms with Crippen LogP contribution >= 0.6 is 0 Å². The van der Waals surface area contributed by atoms with Gasteiger partial charge in [-0.2, -0.15) is 0 Å². The Hall–Kier alpha value is -7.17. The second-order valence-corrected chi connectivity index (χ2v) is 15.4. The SMILES string of the molecule is CC12C=CC=CC1C=CC(c1nc(-c3ccc4ccc(-c5ccccc5)cc4c3)nc(-c3ccc4cccc5c4c3-c3ccc4oc6ccccc6c4c3-5)n1)=C2. The summed E-state index contributed by atoms with van der Waals surface area (Å²) < 4.78 is 6.39. The van der Waals surface area contributed by atoms with E-state index in [-0.39, 0.29) is 11.3 Å². The number of benzene rings is 7. The van der Waals surface area contributed by atoms with Crippen LogP contribution in [0.4, 0.5) is 0 Å². The number of hydrogen-bond donors (Lipinski definition) is 0. The van der Waals surface area contributed by atoms with E-state index < -0.39 is 0 Å². The highest BCUT2D eigenvalue weighted by Gasteiger charge is 2.33. The molecule has 9 aromatic rings. The van der Waals surface area contributed by atoms with Gasteiger partial charge in [0.15, 0.2) is 17.5 Å². The Labute approximate surface area is 323 Å². The zero-order chi connectivity index (χ0) is 37.0. The van der Waals surface area contributed by atoms with Crippen LogP contribution in [0.25, 0.3) is 105 Å². The van der Waals surface area contributed by atoms with E-state index >= 15 is 0 Å². The largest absolute Gasteiger partial charge is 0.456 e. The summed E-state index contributed by atoms with van der Waals surface area (Å²) in [5.41, 5.74) is 11.6. The Morgan fingerprint density at radius 2 is 1.29 bits per heavy atom. The molecule has 262 valence electrons. The number of fused-ring (bicyclic) bond motifs is 9. The zero-order valence-corrected chi connectivity index (χ0v) is 30.6. The molecule has 12 rings (SSSR count). The summed E-state index contributed by atoms with van der Waals surface area (Å²) in [6, 6.07) is 47.4. The van der Waals surface area contributed by atoms with E-state index in [9.17, 15) is 0 Å². The van der Waals surface area contributed by atoms with E-state index in [1.807, 2.05) is 6.07 Å². The molecule has 3 aliphatic carbocycles. The number of nitrogens with zero attached hydrogens (tertiary/aromatic N) is 3. The van der Waals surface area contributed by atoms with Gasteiger partial charge in [0.25, 0.3) is 0 Å². The van der Waals surface area contributed by atoms with Crippen molar-refractivity contribution in [3.05, 3.63) is 182 Å². The van der Waals surface area contributed by atoms with Gasteiger partial charge in [0.2, 0.25) is 0 Å². The van der Waals surface area contributed by atoms with Gasteiger partial charge in [-0.25, -0.2) is 15.0 Å². The molecule has 0 fully saturated rings. The lowest BCUT2D eigenvalue weighted by atomic mass is 9.70. The van der Waals surface area contributed by atoms with Gasteiger partial charge in [-0.15, -0.1) is 0 Å². The van der Waals surface area contributed by atoms with Crippen molar-refractivity contribution >= 4 is 49.1 Å². The lowest BCUT2D eigenvalue weighted by Crippen LogP contribution is -2.24. The van der Waals surface area contributed by atoms with E-state index in [2.05, 4.69) is 177 Å². The second kappa shape index (κ2) is 11.7. The van der Waals surface area contributed by atoms with Crippen LogP contribution in [0.5, 0.6) is 0 Å². The molecule has 0 saturated heterocycles. The van der Waals surface area contributed by atoms with Crippen molar-refractivity contribution < 1.29 is 4.42 Å². The van der Waals surface area contributed by atoms with Gasteiger partial charge in [-0.1, -0.05) is 147 Å². The molecule has 7 aromatic carbocycles. The molecule has 0 radical (unpaired) electrons. The summed E-state index contributed by atoms with van der Waals surface area (Å²) >= 11 is 0. The Balaban J connectivity index is 1.10. The highest BCUT2D eigenvalue weighted by Crippen LogP contribution is 2.54. The van der Waals surface area contributed by atoms with Crippen molar-refractivity contribution in [2.45, 2.75) is 6.92 Å². The van der Waals surface area contributed by atoms with E-state index in [0.29, 0.717) is 17.5 Å². The fourth-order valence-electron chi connectivity index (χ4n) is 9.22. The van der Waals surface area contributed by atoms with Gasteiger partial charge in [-0.05, 0) is 80.2 Å². The van der Waals surface area contributed by atoms with E-state index in [1.165, 1.54) is 44.0 Å². The number of para-hydroxylation sites is 1. The summed E-state index contributed by atoms with van der Waals surface area (Å²) in [7, 11) is 0. The Kier molecular flexibility index (Phi) is 6.50. The first-order valence-electron chi connectivity index (χ1n) is 19.2. The summed E-state index contributed by atoms with van der Waals surface area (Å²) in [6.45, 7) is 2.28. The van der Waals surface area contributed by atoms with Gasteiger partial charge in [0.1, 0.15) is 11.2 Å². The van der Waals surface area contributed by atoms with Crippen molar-refractivity contribution in [1.82, 2.24) is 15.0 Å². The minimum absolute atomic E-state index is 0.174. The quantitative estimate of drug-likeness (QED) is 0.182. The van der Waals surface area contributed by atoms with Crippen molar-refractivity contribution in [1.29, 1.82) is 0 Å². The van der Waals surface area contributed by atoms with Crippen LogP contribution in [0, 0.1) is 11.3 Å². The van der Waals surface area contributed by atoms with Crippen LogP contribution in [0.15, 0.2) is 180 Å². The van der Waals surface area contributed by atoms with Crippen molar-refractivity contribution in [2.24, 2.45) is 11.3 Å². The average molecular weight is 716 g/mol. The number of aromatic nitrogens is 3. The molecule has 0 saturated carbocycles. The van der Waals surface area contributed by atoms with Crippen LogP contribution < -0.4 is 0 Å². The standard InChI is InChI=1S/C52H33N3O/c1-52-27-8-7-13-38(52)23-21-36(30-52)50-53-49(35-20-18-32-17-19-34(28-37(32)29-35)31-10-3-2-4-11-31)54-51(55-50)42-24-22-33-12-9-15-40-45(33)47(42)41-25-26-44-48(46(40)41)39-14-5-6-16-43(39)56-44/h2-30,38H,1H3. The Morgan fingerprint density at radius 3 is 2.21 bits per heavy atom. The fourth-order valence-corrected chi connectivity index (χ4v) is 9.22. The molecule has 4 heteroatoms. The minimum atomic E-state index is -0.174. The molecule has 0 N–H and O–H groups in total. The maximum absolute atomic E-state index is 6.39. The molecule has 2 atom stereocenters. The monoisotopic (exact) mass is 715 g/mol. The van der Waals surface area contributed by atoms with E-state index in [4.69, 9.17) is 19.4 Å². The number of furan rings is 1. The topological polar surface area (TPSA) is 51.8 Å². The molecule has 56 heavy (non-hydrogen) atoms. The third kappa shape index (κ3) is 4.63. The Bertz CT molecular complexity index is 3270. The first kappa shape index (κ1) is 31.2. The maximum Gasteiger partial charge on any atom is 0.164 e. The second-order valence-electron chi connectivity index (χ2n) is 15.4. The zero-order valence-electron chi connectivity index (χ0n) is 30.6. The lowest BCUT2D eigenvalue weighted by Gasteiger charge is -2.33. The van der Waals surface area contributed by atoms with Gasteiger partial charge < -0.3 is 4.42 Å². The number of hydrogen-bond acceptors (Lipinski definition) is 4. The maximum atomic E-state index is 6.39. The van der Waals surface area contributed by atoms with Crippen molar-refractivity contribution in [3.8, 4) is 56.2 Å². The van der Waals surface area contributed by atoms with Crippen LogP contribution in [-0.4, -0.2) is 15.0 Å². The van der Waals surface area contributed by atoms with Crippen molar-refractivity contribution in [3.63, 3.8) is 0 Å². The van der Waals surface area contributed by atoms with Crippen molar-refractivity contribution in [2.75, 3.05) is 0 Å². The molecule has 0 spiro atoms. The van der Waals surface area contributed by atoms with Gasteiger partial charge in [0.05, 0.1) is 0 Å². The third-order valence-electron chi connectivity index (χ3n) is 12.0. The molecule has 0 bridgehead atoms. The van der Waals surface area contributed by atoms with Crippen LogP contribution in [-0.2, 0) is 0 Å². The van der Waals surface area contributed by atoms with E-state index in [0.717, 1.165) is 49.6 Å². The molecular weight excluding hydrogens is 683 g/mol. The van der Waals surface area contributed by atoms with Crippen LogP contribution in [0.1, 0.15) is 12.7 Å². The fraction of sp³-hybridized carbons (Fsp3) is 0.0577. The highest BCUT2D eigenvalue weighted by atomic mass is 16.3. The summed E-state index contributed by atoms with van der Waals surface area (Å²) in [5.74, 6) is 2.24. The molecule has 0 amide bonds. The number of rotatable bonds is 4. The molecule has 4 nitrogen and oxygen atoms in total. The summed E-state index contributed by atoms with van der Waals surface area (Å²) in [5, 5.41) is 6.97. The molecule has 3 aliphatic rings. The third-order valence-corrected chi connectivity index (χ3v) is 12.0. The van der Waals surface area contributed by atoms with Gasteiger partial charge >= 0.3 is 0 Å². The Morgan fingerprint density at radius 1 is 0.518 bits per heavy atom. The van der Waals surface area contributed by atoms with E-state index in [1.54, 1.807) is 0 Å². The first-order valence-corrected chi connectivity index (χ1v) is 19.2. The molecule has 2 heterocycles. The molecular formula is C52H33N3O. The molecule has 2 aromatic heterocycles. The first-order chi connectivity index (χ1) is 27.6. The highest BCUT2D eigenvalue weighted by molar-refractivity contribution is 6.27. The van der Waals surface area contributed by atoms with Gasteiger partial charge in [-0.3, -0.25) is 0 Å².